The summed E-state index contributed by atoms with van der Waals surface area (Å²) in [6.07, 6.45) is -1.10. The molecule has 1 atom stereocenters. The van der Waals surface area contributed by atoms with Crippen molar-refractivity contribution in [1.29, 1.82) is 0 Å². The summed E-state index contributed by atoms with van der Waals surface area (Å²) >= 11 is 0. The van der Waals surface area contributed by atoms with E-state index in [0.29, 0.717) is 11.6 Å². The van der Waals surface area contributed by atoms with E-state index in [1.54, 1.807) is 55.4 Å². The number of nitrogens with zero attached hydrogens (tertiary/aromatic N) is 2. The van der Waals surface area contributed by atoms with Crippen LogP contribution in [0.15, 0.2) is 60.9 Å². The fraction of sp³-hybridized carbons (Fsp3) is 0.200. The molecule has 0 aliphatic heterocycles. The standard InChI is InChI=1S/C20H18F3N3O2/c1-26-12-11-24-18(26)17(13-5-9-16(28-2)10-6-13)25-19(27)14-3-7-15(8-4-14)20(21,22)23/h3-12,17H,1-2H3,(H,25,27). The Morgan fingerprint density at radius 3 is 2.25 bits per heavy atom. The Labute approximate surface area is 159 Å². The summed E-state index contributed by atoms with van der Waals surface area (Å²) in [6, 6.07) is 10.6. The number of carbonyl (C=O) groups is 1. The molecule has 0 fully saturated rings. The van der Waals surface area contributed by atoms with Gasteiger partial charge in [-0.3, -0.25) is 4.79 Å². The average Bonchev–Trinajstić information content (AvgIpc) is 3.11. The SMILES string of the molecule is COc1ccc(C(NC(=O)c2ccc(C(F)(F)F)cc2)c2nccn2C)cc1. The minimum atomic E-state index is -4.45. The van der Waals surface area contributed by atoms with Crippen LogP contribution < -0.4 is 10.1 Å². The maximum Gasteiger partial charge on any atom is 0.416 e. The van der Waals surface area contributed by atoms with Crippen LogP contribution in [-0.4, -0.2) is 22.6 Å². The summed E-state index contributed by atoms with van der Waals surface area (Å²) in [6.45, 7) is 0. The van der Waals surface area contributed by atoms with Gasteiger partial charge in [0, 0.05) is 25.0 Å². The van der Waals surface area contributed by atoms with Crippen molar-refractivity contribution in [2.24, 2.45) is 7.05 Å². The van der Waals surface area contributed by atoms with Gasteiger partial charge in [-0.1, -0.05) is 12.1 Å². The van der Waals surface area contributed by atoms with E-state index in [-0.39, 0.29) is 5.56 Å². The molecule has 3 aromatic rings. The highest BCUT2D eigenvalue weighted by atomic mass is 19.4. The van der Waals surface area contributed by atoms with E-state index in [2.05, 4.69) is 10.3 Å². The molecule has 146 valence electrons. The molecule has 0 bridgehead atoms. The number of alkyl halides is 3. The molecule has 2 aromatic carbocycles. The fourth-order valence-corrected chi connectivity index (χ4v) is 2.77. The minimum Gasteiger partial charge on any atom is -0.497 e. The molecule has 1 N–H and O–H groups in total. The highest BCUT2D eigenvalue weighted by molar-refractivity contribution is 5.94. The van der Waals surface area contributed by atoms with Crippen LogP contribution in [0.4, 0.5) is 13.2 Å². The molecule has 3 rings (SSSR count). The van der Waals surface area contributed by atoms with E-state index in [1.807, 2.05) is 0 Å². The topological polar surface area (TPSA) is 56.1 Å². The second kappa shape index (κ2) is 7.75. The first-order valence-corrected chi connectivity index (χ1v) is 8.39. The van der Waals surface area contributed by atoms with E-state index in [0.717, 1.165) is 29.8 Å². The van der Waals surface area contributed by atoms with Gasteiger partial charge in [-0.15, -0.1) is 0 Å². The number of hydrogen-bond acceptors (Lipinski definition) is 3. The summed E-state index contributed by atoms with van der Waals surface area (Å²) in [4.78, 5) is 17.0. The molecule has 0 aliphatic rings. The summed E-state index contributed by atoms with van der Waals surface area (Å²) in [5, 5.41) is 2.84. The van der Waals surface area contributed by atoms with Crippen molar-refractivity contribution in [3.63, 3.8) is 0 Å². The van der Waals surface area contributed by atoms with Crippen molar-refractivity contribution in [2.45, 2.75) is 12.2 Å². The minimum absolute atomic E-state index is 0.126. The third-order valence-corrected chi connectivity index (χ3v) is 4.32. The first-order valence-electron chi connectivity index (χ1n) is 8.39. The molecule has 0 spiro atoms. The number of imidazole rings is 1. The Hall–Kier alpha value is -3.29. The van der Waals surface area contributed by atoms with Crippen molar-refractivity contribution in [2.75, 3.05) is 7.11 Å². The Morgan fingerprint density at radius 1 is 1.11 bits per heavy atom. The Morgan fingerprint density at radius 2 is 1.75 bits per heavy atom. The average molecular weight is 389 g/mol. The molecular weight excluding hydrogens is 371 g/mol. The smallest absolute Gasteiger partial charge is 0.416 e. The first kappa shape index (κ1) is 19.5. The second-order valence-corrected chi connectivity index (χ2v) is 6.15. The Kier molecular flexibility index (Phi) is 5.39. The number of amides is 1. The number of halogens is 3. The van der Waals surface area contributed by atoms with Crippen molar-refractivity contribution in [1.82, 2.24) is 14.9 Å². The normalized spacial score (nSPS) is 12.5. The number of benzene rings is 2. The molecule has 0 aliphatic carbocycles. The van der Waals surface area contributed by atoms with E-state index >= 15 is 0 Å². The number of rotatable bonds is 5. The van der Waals surface area contributed by atoms with Crippen molar-refractivity contribution < 1.29 is 22.7 Å². The van der Waals surface area contributed by atoms with Crippen molar-refractivity contribution in [3.05, 3.63) is 83.4 Å². The van der Waals surface area contributed by atoms with E-state index < -0.39 is 23.7 Å². The monoisotopic (exact) mass is 389 g/mol. The molecule has 28 heavy (non-hydrogen) atoms. The van der Waals surface area contributed by atoms with Gasteiger partial charge < -0.3 is 14.6 Å². The third kappa shape index (κ3) is 4.16. The van der Waals surface area contributed by atoms with Crippen LogP contribution in [0.25, 0.3) is 0 Å². The van der Waals surface area contributed by atoms with Gasteiger partial charge in [0.15, 0.2) is 0 Å². The lowest BCUT2D eigenvalue weighted by molar-refractivity contribution is -0.137. The predicted octanol–water partition coefficient (Wildman–Crippen LogP) is 3.97. The number of ether oxygens (including phenoxy) is 1. The van der Waals surface area contributed by atoms with Crippen LogP contribution >= 0.6 is 0 Å². The molecule has 1 aromatic heterocycles. The third-order valence-electron chi connectivity index (χ3n) is 4.32. The summed E-state index contributed by atoms with van der Waals surface area (Å²) in [5.74, 6) is 0.749. The van der Waals surface area contributed by atoms with Crippen LogP contribution in [0.5, 0.6) is 5.75 Å². The van der Waals surface area contributed by atoms with Gasteiger partial charge in [0.05, 0.1) is 12.7 Å². The maximum atomic E-state index is 12.7. The molecule has 1 heterocycles. The van der Waals surface area contributed by atoms with Gasteiger partial charge >= 0.3 is 6.18 Å². The van der Waals surface area contributed by atoms with Crippen LogP contribution in [0.3, 0.4) is 0 Å². The van der Waals surface area contributed by atoms with Gasteiger partial charge in [-0.2, -0.15) is 13.2 Å². The lowest BCUT2D eigenvalue weighted by Gasteiger charge is -2.19. The van der Waals surface area contributed by atoms with E-state index in [9.17, 15) is 18.0 Å². The number of nitrogens with one attached hydrogen (secondary N) is 1. The molecule has 0 radical (unpaired) electrons. The number of carbonyl (C=O) groups excluding carboxylic acids is 1. The molecule has 1 amide bonds. The van der Waals surface area contributed by atoms with Gasteiger partial charge in [0.25, 0.3) is 5.91 Å². The zero-order chi connectivity index (χ0) is 20.3. The number of hydrogen-bond donors (Lipinski definition) is 1. The van der Waals surface area contributed by atoms with Gasteiger partial charge in [0.2, 0.25) is 0 Å². The van der Waals surface area contributed by atoms with Crippen LogP contribution in [0, 0.1) is 0 Å². The van der Waals surface area contributed by atoms with Gasteiger partial charge in [-0.05, 0) is 42.0 Å². The Balaban J connectivity index is 1.89. The Bertz CT molecular complexity index is 948. The predicted molar refractivity (Wildman–Crippen MR) is 97.0 cm³/mol. The van der Waals surface area contributed by atoms with Crippen LogP contribution in [0.1, 0.15) is 33.4 Å². The molecule has 8 heteroatoms. The lowest BCUT2D eigenvalue weighted by atomic mass is 10.0. The van der Waals surface area contributed by atoms with Crippen molar-refractivity contribution in [3.8, 4) is 5.75 Å². The molecule has 1 unspecified atom stereocenters. The second-order valence-electron chi connectivity index (χ2n) is 6.15. The molecule has 5 nitrogen and oxygen atoms in total. The number of methoxy groups -OCH3 is 1. The van der Waals surface area contributed by atoms with E-state index in [4.69, 9.17) is 4.74 Å². The highest BCUT2D eigenvalue weighted by Crippen LogP contribution is 2.29. The first-order chi connectivity index (χ1) is 13.3. The van der Waals surface area contributed by atoms with Gasteiger partial charge in [-0.25, -0.2) is 4.98 Å². The fourth-order valence-electron chi connectivity index (χ4n) is 2.77. The highest BCUT2D eigenvalue weighted by Gasteiger charge is 2.30. The lowest BCUT2D eigenvalue weighted by Crippen LogP contribution is -2.31. The molecule has 0 saturated carbocycles. The van der Waals surface area contributed by atoms with Crippen molar-refractivity contribution >= 4 is 5.91 Å². The quantitative estimate of drug-likeness (QED) is 0.719. The zero-order valence-corrected chi connectivity index (χ0v) is 15.2. The largest absolute Gasteiger partial charge is 0.497 e. The summed E-state index contributed by atoms with van der Waals surface area (Å²) in [7, 11) is 3.35. The van der Waals surface area contributed by atoms with Crippen LogP contribution in [0.2, 0.25) is 0 Å². The summed E-state index contributed by atoms with van der Waals surface area (Å²) < 4.78 is 45.1. The summed E-state index contributed by atoms with van der Waals surface area (Å²) in [5.41, 5.74) is 0.0796. The van der Waals surface area contributed by atoms with Gasteiger partial charge in [0.1, 0.15) is 17.6 Å². The van der Waals surface area contributed by atoms with Crippen LogP contribution in [-0.2, 0) is 13.2 Å². The number of aromatic nitrogens is 2. The maximum absolute atomic E-state index is 12.7. The van der Waals surface area contributed by atoms with E-state index in [1.165, 1.54) is 0 Å². The molecule has 0 saturated heterocycles. The zero-order valence-electron chi connectivity index (χ0n) is 15.2. The molecular formula is C20H18F3N3O2. The number of aryl methyl sites for hydroxylation is 1.